The summed E-state index contributed by atoms with van der Waals surface area (Å²) in [5.74, 6) is 0.210. The standard InChI is InChI=1S/C16H20N2O4S/c1-20-15(19)14-10-18(12-6-2-3-7-13(12)22-14)16(23)17-9-11-5-4-8-21-11/h2-3,6-7,11,14H,4-5,8-10H2,1H3,(H,17,23)/t11-,14+/m0/s1. The molecule has 0 aliphatic carbocycles. The first-order valence-electron chi connectivity index (χ1n) is 7.69. The first-order valence-corrected chi connectivity index (χ1v) is 8.10. The lowest BCUT2D eigenvalue weighted by Gasteiger charge is -2.35. The summed E-state index contributed by atoms with van der Waals surface area (Å²) in [6.07, 6.45) is 1.63. The number of carbonyl (C=O) groups is 1. The molecule has 2 aliphatic heterocycles. The van der Waals surface area contributed by atoms with Crippen LogP contribution in [0.4, 0.5) is 5.69 Å². The fourth-order valence-electron chi connectivity index (χ4n) is 2.78. The van der Waals surface area contributed by atoms with Crippen molar-refractivity contribution in [2.75, 3.05) is 31.7 Å². The van der Waals surface area contributed by atoms with Gasteiger partial charge in [-0.05, 0) is 37.2 Å². The van der Waals surface area contributed by atoms with Crippen LogP contribution in [0.5, 0.6) is 5.75 Å². The van der Waals surface area contributed by atoms with E-state index in [4.69, 9.17) is 26.4 Å². The van der Waals surface area contributed by atoms with Crippen molar-refractivity contribution in [1.82, 2.24) is 5.32 Å². The fourth-order valence-corrected chi connectivity index (χ4v) is 3.04. The number of hydrogen-bond donors (Lipinski definition) is 1. The van der Waals surface area contributed by atoms with Gasteiger partial charge >= 0.3 is 5.97 Å². The number of fused-ring (bicyclic) bond motifs is 1. The topological polar surface area (TPSA) is 60.0 Å². The molecule has 0 radical (unpaired) electrons. The number of thiocarbonyl (C=S) groups is 1. The highest BCUT2D eigenvalue weighted by Crippen LogP contribution is 2.33. The number of anilines is 1. The van der Waals surface area contributed by atoms with E-state index in [0.29, 0.717) is 24.0 Å². The van der Waals surface area contributed by atoms with Crippen molar-refractivity contribution in [3.8, 4) is 5.75 Å². The number of carbonyl (C=O) groups excluding carboxylic acids is 1. The Bertz CT molecular complexity index is 589. The number of nitrogens with zero attached hydrogens (tertiary/aromatic N) is 1. The third-order valence-electron chi connectivity index (χ3n) is 3.99. The number of hydrogen-bond acceptors (Lipinski definition) is 5. The Kier molecular flexibility index (Phi) is 4.97. The summed E-state index contributed by atoms with van der Waals surface area (Å²) < 4.78 is 16.1. The van der Waals surface area contributed by atoms with Crippen LogP contribution in [0.1, 0.15) is 12.8 Å². The van der Waals surface area contributed by atoms with Gasteiger partial charge in [0.25, 0.3) is 0 Å². The molecule has 0 bridgehead atoms. The van der Waals surface area contributed by atoms with Crippen LogP contribution in [0.25, 0.3) is 0 Å². The zero-order chi connectivity index (χ0) is 16.2. The fraction of sp³-hybridized carbons (Fsp3) is 0.500. The number of nitrogens with one attached hydrogen (secondary N) is 1. The molecule has 1 saturated heterocycles. The van der Waals surface area contributed by atoms with Crippen LogP contribution in [-0.4, -0.2) is 50.1 Å². The van der Waals surface area contributed by atoms with Gasteiger partial charge in [-0.25, -0.2) is 4.79 Å². The minimum Gasteiger partial charge on any atom is -0.475 e. The Balaban J connectivity index is 1.73. The average molecular weight is 336 g/mol. The van der Waals surface area contributed by atoms with Gasteiger partial charge in [0.05, 0.1) is 25.4 Å². The molecule has 0 saturated carbocycles. The van der Waals surface area contributed by atoms with Crippen molar-refractivity contribution in [1.29, 1.82) is 0 Å². The lowest BCUT2D eigenvalue weighted by Crippen LogP contribution is -2.51. The monoisotopic (exact) mass is 336 g/mol. The zero-order valence-electron chi connectivity index (χ0n) is 13.0. The Morgan fingerprint density at radius 3 is 3.04 bits per heavy atom. The van der Waals surface area contributed by atoms with E-state index in [0.717, 1.165) is 25.1 Å². The normalized spacial score (nSPS) is 22.9. The summed E-state index contributed by atoms with van der Waals surface area (Å²) in [4.78, 5) is 13.7. The van der Waals surface area contributed by atoms with E-state index in [1.807, 2.05) is 29.2 Å². The zero-order valence-corrected chi connectivity index (χ0v) is 13.8. The predicted octanol–water partition coefficient (Wildman–Crippen LogP) is 1.48. The van der Waals surface area contributed by atoms with E-state index >= 15 is 0 Å². The number of methoxy groups -OCH3 is 1. The molecule has 3 rings (SSSR count). The lowest BCUT2D eigenvalue weighted by atomic mass is 10.2. The smallest absolute Gasteiger partial charge is 0.348 e. The lowest BCUT2D eigenvalue weighted by molar-refractivity contribution is -0.148. The molecule has 124 valence electrons. The second-order valence-electron chi connectivity index (χ2n) is 5.53. The number of esters is 1. The molecule has 2 aliphatic rings. The van der Waals surface area contributed by atoms with Crippen molar-refractivity contribution in [2.24, 2.45) is 0 Å². The van der Waals surface area contributed by atoms with Crippen molar-refractivity contribution < 1.29 is 19.0 Å². The summed E-state index contributed by atoms with van der Waals surface area (Å²) in [7, 11) is 1.35. The van der Waals surface area contributed by atoms with Gasteiger partial charge in [0.1, 0.15) is 5.75 Å². The summed E-state index contributed by atoms with van der Waals surface area (Å²) in [5.41, 5.74) is 0.845. The van der Waals surface area contributed by atoms with Crippen LogP contribution < -0.4 is 15.0 Å². The molecule has 1 N–H and O–H groups in total. The van der Waals surface area contributed by atoms with Crippen LogP contribution in [0.15, 0.2) is 24.3 Å². The second kappa shape index (κ2) is 7.14. The molecule has 0 aromatic heterocycles. The number of ether oxygens (including phenoxy) is 3. The Labute approximate surface area is 140 Å². The molecule has 7 heteroatoms. The summed E-state index contributed by atoms with van der Waals surface area (Å²) >= 11 is 5.51. The Morgan fingerprint density at radius 2 is 2.30 bits per heavy atom. The summed E-state index contributed by atoms with van der Waals surface area (Å²) in [6, 6.07) is 7.51. The van der Waals surface area contributed by atoms with E-state index in [2.05, 4.69) is 5.32 Å². The quantitative estimate of drug-likeness (QED) is 0.663. The largest absolute Gasteiger partial charge is 0.475 e. The molecular weight excluding hydrogens is 316 g/mol. The van der Waals surface area contributed by atoms with Crippen LogP contribution in [-0.2, 0) is 14.3 Å². The van der Waals surface area contributed by atoms with E-state index < -0.39 is 12.1 Å². The number of para-hydroxylation sites is 2. The third-order valence-corrected chi connectivity index (χ3v) is 4.35. The van der Waals surface area contributed by atoms with E-state index in [-0.39, 0.29) is 6.10 Å². The SMILES string of the molecule is COC(=O)[C@H]1CN(C(=S)NC[C@@H]2CCCO2)c2ccccc2O1. The van der Waals surface area contributed by atoms with Gasteiger partial charge in [-0.15, -0.1) is 0 Å². The molecule has 23 heavy (non-hydrogen) atoms. The number of rotatable bonds is 3. The van der Waals surface area contributed by atoms with E-state index in [9.17, 15) is 4.79 Å². The van der Waals surface area contributed by atoms with Crippen molar-refractivity contribution in [3.63, 3.8) is 0 Å². The predicted molar refractivity (Wildman–Crippen MR) is 89.8 cm³/mol. The maximum atomic E-state index is 11.9. The molecule has 2 atom stereocenters. The van der Waals surface area contributed by atoms with E-state index in [1.54, 1.807) is 0 Å². The van der Waals surface area contributed by atoms with Crippen molar-refractivity contribution >= 4 is 29.0 Å². The first kappa shape index (κ1) is 16.0. The first-order chi connectivity index (χ1) is 11.2. The highest BCUT2D eigenvalue weighted by Gasteiger charge is 2.33. The Morgan fingerprint density at radius 1 is 1.48 bits per heavy atom. The van der Waals surface area contributed by atoms with Gasteiger partial charge in [-0.2, -0.15) is 0 Å². The van der Waals surface area contributed by atoms with Crippen LogP contribution in [0.3, 0.4) is 0 Å². The minimum atomic E-state index is -0.697. The van der Waals surface area contributed by atoms with Crippen molar-refractivity contribution in [3.05, 3.63) is 24.3 Å². The molecule has 1 aromatic carbocycles. The number of benzene rings is 1. The van der Waals surface area contributed by atoms with Gasteiger partial charge in [0.2, 0.25) is 6.10 Å². The van der Waals surface area contributed by atoms with Gasteiger partial charge in [-0.3, -0.25) is 0 Å². The van der Waals surface area contributed by atoms with Crippen LogP contribution >= 0.6 is 12.2 Å². The molecule has 2 heterocycles. The van der Waals surface area contributed by atoms with Crippen molar-refractivity contribution in [2.45, 2.75) is 25.0 Å². The van der Waals surface area contributed by atoms with Gasteiger partial charge in [-0.1, -0.05) is 12.1 Å². The molecule has 0 unspecified atom stereocenters. The molecule has 1 fully saturated rings. The van der Waals surface area contributed by atoms with Gasteiger partial charge in [0.15, 0.2) is 5.11 Å². The highest BCUT2D eigenvalue weighted by atomic mass is 32.1. The highest BCUT2D eigenvalue weighted by molar-refractivity contribution is 7.80. The van der Waals surface area contributed by atoms with Crippen LogP contribution in [0, 0.1) is 0 Å². The maximum Gasteiger partial charge on any atom is 0.348 e. The van der Waals surface area contributed by atoms with Gasteiger partial charge < -0.3 is 24.4 Å². The molecule has 0 spiro atoms. The maximum absolute atomic E-state index is 11.9. The van der Waals surface area contributed by atoms with Crippen LogP contribution in [0.2, 0.25) is 0 Å². The van der Waals surface area contributed by atoms with E-state index in [1.165, 1.54) is 7.11 Å². The molecule has 0 amide bonds. The minimum absolute atomic E-state index is 0.195. The molecule has 6 nitrogen and oxygen atoms in total. The molecular formula is C16H20N2O4S. The Hall–Kier alpha value is -1.86. The third kappa shape index (κ3) is 3.56. The molecule has 1 aromatic rings. The second-order valence-corrected chi connectivity index (χ2v) is 5.92. The summed E-state index contributed by atoms with van der Waals surface area (Å²) in [5, 5.41) is 3.80. The van der Waals surface area contributed by atoms with Gasteiger partial charge in [0, 0.05) is 13.2 Å². The average Bonchev–Trinajstić information content (AvgIpc) is 3.11. The summed E-state index contributed by atoms with van der Waals surface area (Å²) in [6.45, 7) is 1.80.